The smallest absolute Gasteiger partial charge is 0.326 e. The topological polar surface area (TPSA) is 125 Å². The zero-order chi connectivity index (χ0) is 13.5. The molecular weight excluding hydrogens is 357 g/mol. The monoisotopic (exact) mass is 371 g/mol. The van der Waals surface area contributed by atoms with Gasteiger partial charge >= 0.3 is 6.03 Å². The summed E-state index contributed by atoms with van der Waals surface area (Å²) in [6.45, 7) is -0.335. The molecule has 1 unspecified atom stereocenters. The van der Waals surface area contributed by atoms with Crippen molar-refractivity contribution in [2.75, 3.05) is 13.2 Å². The number of nitrogens with one attached hydrogen (secondary N) is 1. The third-order valence-corrected chi connectivity index (χ3v) is 3.82. The summed E-state index contributed by atoms with van der Waals surface area (Å²) in [5.41, 5.74) is 5.76. The molecule has 18 heavy (non-hydrogen) atoms. The van der Waals surface area contributed by atoms with Crippen LogP contribution in [0.2, 0.25) is 0 Å². The Morgan fingerprint density at radius 3 is 2.83 bits per heavy atom. The maximum absolute atomic E-state index is 11.7. The number of urea groups is 1. The van der Waals surface area contributed by atoms with Crippen molar-refractivity contribution in [3.63, 3.8) is 0 Å². The molecule has 5 N–H and O–H groups in total. The SMILES string of the molecule is NC1(I)CN([C@H]2C[C@H](O)[C@@H](CO)O2)C(=O)NC1=O. The minimum atomic E-state index is -1.22. The molecule has 0 saturated carbocycles. The van der Waals surface area contributed by atoms with Gasteiger partial charge in [0.1, 0.15) is 12.3 Å². The van der Waals surface area contributed by atoms with Crippen LogP contribution in [0.3, 0.4) is 0 Å². The van der Waals surface area contributed by atoms with Gasteiger partial charge in [-0.15, -0.1) is 0 Å². The van der Waals surface area contributed by atoms with E-state index in [4.69, 9.17) is 15.6 Å². The molecule has 0 bridgehead atoms. The van der Waals surface area contributed by atoms with Gasteiger partial charge in [0.25, 0.3) is 5.91 Å². The van der Waals surface area contributed by atoms with Crippen molar-refractivity contribution in [2.24, 2.45) is 5.73 Å². The molecule has 0 aliphatic carbocycles. The van der Waals surface area contributed by atoms with Crippen LogP contribution in [0, 0.1) is 0 Å². The van der Waals surface area contributed by atoms with Crippen LogP contribution >= 0.6 is 22.6 Å². The third kappa shape index (κ3) is 2.45. The number of alkyl halides is 1. The van der Waals surface area contributed by atoms with Crippen molar-refractivity contribution in [1.82, 2.24) is 10.2 Å². The molecule has 0 aromatic rings. The molecule has 2 aliphatic heterocycles. The van der Waals surface area contributed by atoms with Crippen molar-refractivity contribution < 1.29 is 24.5 Å². The van der Waals surface area contributed by atoms with Gasteiger partial charge in [-0.25, -0.2) is 4.79 Å². The largest absolute Gasteiger partial charge is 0.394 e. The van der Waals surface area contributed by atoms with E-state index in [0.29, 0.717) is 0 Å². The van der Waals surface area contributed by atoms with E-state index < -0.39 is 33.9 Å². The Morgan fingerprint density at radius 2 is 2.28 bits per heavy atom. The third-order valence-electron chi connectivity index (χ3n) is 2.99. The maximum Gasteiger partial charge on any atom is 0.326 e. The van der Waals surface area contributed by atoms with Crippen LogP contribution < -0.4 is 11.1 Å². The van der Waals surface area contributed by atoms with Gasteiger partial charge in [0, 0.05) is 6.42 Å². The second-order valence-electron chi connectivity index (χ2n) is 4.36. The van der Waals surface area contributed by atoms with E-state index >= 15 is 0 Å². The predicted octanol–water partition coefficient (Wildman–Crippen LogP) is -1.90. The average molecular weight is 371 g/mol. The number of amides is 3. The molecule has 2 fully saturated rings. The van der Waals surface area contributed by atoms with E-state index in [0.717, 1.165) is 0 Å². The predicted molar refractivity (Wildman–Crippen MR) is 67.6 cm³/mol. The van der Waals surface area contributed by atoms with Crippen LogP contribution in [0.1, 0.15) is 6.42 Å². The fourth-order valence-corrected chi connectivity index (χ4v) is 2.47. The first-order chi connectivity index (χ1) is 8.35. The number of rotatable bonds is 2. The lowest BCUT2D eigenvalue weighted by Gasteiger charge is -2.38. The van der Waals surface area contributed by atoms with Crippen molar-refractivity contribution in [1.29, 1.82) is 0 Å². The molecule has 9 heteroatoms. The van der Waals surface area contributed by atoms with Crippen molar-refractivity contribution in [3.05, 3.63) is 0 Å². The second kappa shape index (κ2) is 4.89. The Labute approximate surface area is 117 Å². The van der Waals surface area contributed by atoms with E-state index in [1.54, 1.807) is 22.6 Å². The highest BCUT2D eigenvalue weighted by atomic mass is 127. The van der Waals surface area contributed by atoms with Gasteiger partial charge in [0.2, 0.25) is 0 Å². The first-order valence-electron chi connectivity index (χ1n) is 5.39. The second-order valence-corrected chi connectivity index (χ2v) is 6.29. The number of nitrogens with zero attached hydrogens (tertiary/aromatic N) is 1. The molecule has 2 heterocycles. The molecular formula is C9H14IN3O5. The fraction of sp³-hybridized carbons (Fsp3) is 0.778. The number of imide groups is 1. The summed E-state index contributed by atoms with van der Waals surface area (Å²) >= 11 is 1.75. The van der Waals surface area contributed by atoms with Gasteiger partial charge in [0.05, 0.1) is 19.3 Å². The highest BCUT2D eigenvalue weighted by molar-refractivity contribution is 14.1. The maximum atomic E-state index is 11.7. The Bertz CT molecular complexity index is 377. The summed E-state index contributed by atoms with van der Waals surface area (Å²) in [7, 11) is 0. The molecule has 0 spiro atoms. The van der Waals surface area contributed by atoms with Crippen LogP contribution in [-0.4, -0.2) is 62.2 Å². The summed E-state index contributed by atoms with van der Waals surface area (Å²) in [4.78, 5) is 24.4. The zero-order valence-corrected chi connectivity index (χ0v) is 11.5. The van der Waals surface area contributed by atoms with E-state index in [-0.39, 0.29) is 19.6 Å². The van der Waals surface area contributed by atoms with Crippen LogP contribution in [0.25, 0.3) is 0 Å². The van der Waals surface area contributed by atoms with Crippen LogP contribution in [0.5, 0.6) is 0 Å². The van der Waals surface area contributed by atoms with Crippen molar-refractivity contribution in [3.8, 4) is 0 Å². The number of halogens is 1. The van der Waals surface area contributed by atoms with Gasteiger partial charge in [-0.2, -0.15) is 0 Å². The average Bonchev–Trinajstić information content (AvgIpc) is 2.65. The summed E-state index contributed by atoms with van der Waals surface area (Å²) in [5.74, 6) is -0.554. The first kappa shape index (κ1) is 13.9. The van der Waals surface area contributed by atoms with Crippen LogP contribution in [-0.2, 0) is 9.53 Å². The fourth-order valence-electron chi connectivity index (χ4n) is 1.97. The highest BCUT2D eigenvalue weighted by Gasteiger charge is 2.47. The number of nitrogens with two attached hydrogens (primary N) is 1. The van der Waals surface area contributed by atoms with Gasteiger partial charge in [-0.1, -0.05) is 0 Å². The molecule has 8 nitrogen and oxygen atoms in total. The normalized spacial score (nSPS) is 41.1. The number of carbonyl (C=O) groups excluding carboxylic acids is 2. The summed E-state index contributed by atoms with van der Waals surface area (Å²) in [5, 5.41) is 20.7. The Balaban J connectivity index is 2.10. The lowest BCUT2D eigenvalue weighted by atomic mass is 10.1. The van der Waals surface area contributed by atoms with Crippen molar-refractivity contribution in [2.45, 2.75) is 28.4 Å². The van der Waals surface area contributed by atoms with E-state index in [1.165, 1.54) is 4.90 Å². The molecule has 2 saturated heterocycles. The molecule has 102 valence electrons. The molecule has 2 aliphatic rings. The number of aliphatic hydroxyl groups is 2. The van der Waals surface area contributed by atoms with E-state index in [9.17, 15) is 14.7 Å². The van der Waals surface area contributed by atoms with E-state index in [2.05, 4.69) is 5.32 Å². The van der Waals surface area contributed by atoms with Gasteiger partial charge < -0.3 is 20.7 Å². The Kier molecular flexibility index (Phi) is 3.78. The summed E-state index contributed by atoms with van der Waals surface area (Å²) in [6, 6.07) is -0.603. The Hall–Kier alpha value is -0.490. The van der Waals surface area contributed by atoms with Gasteiger partial charge in [-0.05, 0) is 22.6 Å². The number of ether oxygens (including phenoxy) is 1. The quantitative estimate of drug-likeness (QED) is 0.255. The minimum absolute atomic E-state index is 0.00619. The van der Waals surface area contributed by atoms with Gasteiger partial charge in [-0.3, -0.25) is 15.0 Å². The Morgan fingerprint density at radius 1 is 1.61 bits per heavy atom. The molecule has 0 aromatic heterocycles. The van der Waals surface area contributed by atoms with Crippen LogP contribution in [0.15, 0.2) is 0 Å². The summed E-state index contributed by atoms with van der Waals surface area (Å²) < 4.78 is 4.13. The number of aliphatic hydroxyl groups excluding tert-OH is 2. The number of hydrogen-bond acceptors (Lipinski definition) is 6. The minimum Gasteiger partial charge on any atom is -0.394 e. The summed E-state index contributed by atoms with van der Waals surface area (Å²) in [6.07, 6.45) is -2.07. The first-order valence-corrected chi connectivity index (χ1v) is 6.47. The van der Waals surface area contributed by atoms with Gasteiger partial charge in [0.15, 0.2) is 3.55 Å². The molecule has 0 radical (unpaired) electrons. The molecule has 3 amide bonds. The molecule has 2 rings (SSSR count). The van der Waals surface area contributed by atoms with Crippen molar-refractivity contribution >= 4 is 34.5 Å². The number of hydrogen-bond donors (Lipinski definition) is 4. The van der Waals surface area contributed by atoms with E-state index in [1.807, 2.05) is 0 Å². The lowest BCUT2D eigenvalue weighted by molar-refractivity contribution is -0.126. The zero-order valence-electron chi connectivity index (χ0n) is 9.38. The lowest BCUT2D eigenvalue weighted by Crippen LogP contribution is -2.67. The highest BCUT2D eigenvalue weighted by Crippen LogP contribution is 2.27. The molecule has 4 atom stereocenters. The number of carbonyl (C=O) groups is 2. The van der Waals surface area contributed by atoms with Crippen LogP contribution in [0.4, 0.5) is 4.79 Å². The standard InChI is InChI=1S/C9H14IN3O5/c10-9(11)3-13(8(17)12-7(9)16)6-1-4(15)5(2-14)18-6/h4-6,14-15H,1-3,11H2,(H,12,16,17)/t4-,5+,6+,9?/m0/s1. The molecule has 0 aromatic carbocycles.